The van der Waals surface area contributed by atoms with Crippen molar-refractivity contribution in [2.24, 2.45) is 0 Å². The van der Waals surface area contributed by atoms with Gasteiger partial charge in [-0.05, 0) is 19.3 Å². The van der Waals surface area contributed by atoms with Gasteiger partial charge in [0, 0.05) is 6.42 Å². The molecule has 2 rings (SSSR count). The highest BCUT2D eigenvalue weighted by atomic mass is 16.7. The highest BCUT2D eigenvalue weighted by Gasteiger charge is 2.51. The van der Waals surface area contributed by atoms with E-state index in [0.29, 0.717) is 6.42 Å². The van der Waals surface area contributed by atoms with Gasteiger partial charge in [0.1, 0.15) is 48.8 Å². The van der Waals surface area contributed by atoms with Gasteiger partial charge in [-0.2, -0.15) is 0 Å². The van der Waals surface area contributed by atoms with E-state index in [4.69, 9.17) is 18.9 Å². The number of carbonyl (C=O) groups is 1. The van der Waals surface area contributed by atoms with Gasteiger partial charge < -0.3 is 65.1 Å². The van der Waals surface area contributed by atoms with E-state index in [2.05, 4.69) is 19.2 Å². The van der Waals surface area contributed by atoms with Crippen LogP contribution in [0.4, 0.5) is 0 Å². The van der Waals surface area contributed by atoms with Crippen LogP contribution in [0.1, 0.15) is 226 Å². The summed E-state index contributed by atoms with van der Waals surface area (Å²) in [5, 5.41) is 86.8. The van der Waals surface area contributed by atoms with Crippen LogP contribution in [0.2, 0.25) is 0 Å². The Bertz CT molecular complexity index is 1180. The zero-order valence-corrected chi connectivity index (χ0v) is 42.2. The lowest BCUT2D eigenvalue weighted by atomic mass is 9.97. The summed E-state index contributed by atoms with van der Waals surface area (Å²) in [6.07, 6.45) is 26.9. The Morgan fingerprint density at radius 3 is 1.37 bits per heavy atom. The Morgan fingerprint density at radius 1 is 0.522 bits per heavy atom. The number of aliphatic hydroxyl groups is 8. The molecule has 2 aliphatic heterocycles. The summed E-state index contributed by atoms with van der Waals surface area (Å²) in [4.78, 5) is 13.1. The molecule has 14 nitrogen and oxygen atoms in total. The van der Waals surface area contributed by atoms with Crippen molar-refractivity contribution in [3.63, 3.8) is 0 Å². The highest BCUT2D eigenvalue weighted by molar-refractivity contribution is 5.76. The molecule has 2 saturated heterocycles. The lowest BCUT2D eigenvalue weighted by Gasteiger charge is -2.46. The molecule has 12 unspecified atom stereocenters. The number of unbranched alkanes of at least 4 members (excludes halogenated alkanes) is 30. The van der Waals surface area contributed by atoms with Crippen LogP contribution in [0, 0.1) is 0 Å². The Hall–Kier alpha value is -1.27. The summed E-state index contributed by atoms with van der Waals surface area (Å²) in [7, 11) is 0. The number of hydrogen-bond donors (Lipinski definition) is 9. The van der Waals surface area contributed by atoms with Gasteiger partial charge in [-0.15, -0.1) is 0 Å². The fraction of sp³-hybridized carbons (Fsp3) is 0.943. The smallest absolute Gasteiger partial charge is 0.220 e. The van der Waals surface area contributed by atoms with E-state index in [9.17, 15) is 45.6 Å². The molecule has 2 heterocycles. The van der Waals surface area contributed by atoms with Crippen molar-refractivity contribution in [3.8, 4) is 0 Å². The lowest BCUT2D eigenvalue weighted by molar-refractivity contribution is -0.359. The molecule has 14 heteroatoms. The third-order valence-electron chi connectivity index (χ3n) is 13.7. The SMILES string of the molecule is CCCCCCCCCCCCCCCCCCCCCCC/C=C/C(O)C(COC1OC(CO)C(OC2OC(CO)C(O)C(O)C2O)C(O)C1O)NC(=O)CCCCCCCCCCCC. The second-order valence-electron chi connectivity index (χ2n) is 19.7. The van der Waals surface area contributed by atoms with Gasteiger partial charge in [-0.3, -0.25) is 4.79 Å². The number of allylic oxidation sites excluding steroid dienone is 1. The predicted molar refractivity (Wildman–Crippen MR) is 263 cm³/mol. The van der Waals surface area contributed by atoms with Crippen molar-refractivity contribution in [3.05, 3.63) is 12.2 Å². The monoisotopic (exact) mass is 960 g/mol. The van der Waals surface area contributed by atoms with E-state index >= 15 is 0 Å². The fourth-order valence-electron chi connectivity index (χ4n) is 9.23. The maximum absolute atomic E-state index is 13.1. The number of aliphatic hydroxyl groups excluding tert-OH is 8. The van der Waals surface area contributed by atoms with Crippen LogP contribution in [-0.2, 0) is 23.7 Å². The molecular weight excluding hydrogens is 859 g/mol. The minimum absolute atomic E-state index is 0.240. The van der Waals surface area contributed by atoms with Crippen molar-refractivity contribution in [1.29, 1.82) is 0 Å². The maximum Gasteiger partial charge on any atom is 0.220 e. The van der Waals surface area contributed by atoms with E-state index in [1.165, 1.54) is 161 Å². The van der Waals surface area contributed by atoms with Crippen LogP contribution < -0.4 is 5.32 Å². The summed E-state index contributed by atoms with van der Waals surface area (Å²) in [5.41, 5.74) is 0. The number of rotatable bonds is 43. The number of hydrogen-bond acceptors (Lipinski definition) is 13. The van der Waals surface area contributed by atoms with E-state index in [0.717, 1.165) is 38.5 Å². The van der Waals surface area contributed by atoms with Crippen LogP contribution in [0.15, 0.2) is 12.2 Å². The molecular formula is C53H101NO13. The molecule has 0 saturated carbocycles. The van der Waals surface area contributed by atoms with Gasteiger partial charge in [0.25, 0.3) is 0 Å². The van der Waals surface area contributed by atoms with Gasteiger partial charge in [-0.1, -0.05) is 212 Å². The van der Waals surface area contributed by atoms with Crippen LogP contribution >= 0.6 is 0 Å². The van der Waals surface area contributed by atoms with Crippen LogP contribution in [-0.4, -0.2) is 140 Å². The molecule has 0 spiro atoms. The molecule has 2 aliphatic rings. The average molecular weight is 960 g/mol. The summed E-state index contributed by atoms with van der Waals surface area (Å²) in [6, 6.07) is -0.907. The first kappa shape index (κ1) is 61.8. The molecule has 12 atom stereocenters. The number of amides is 1. The van der Waals surface area contributed by atoms with Gasteiger partial charge >= 0.3 is 0 Å². The van der Waals surface area contributed by atoms with E-state index in [1.807, 2.05) is 6.08 Å². The van der Waals surface area contributed by atoms with E-state index in [-0.39, 0.29) is 18.9 Å². The van der Waals surface area contributed by atoms with Gasteiger partial charge in [0.15, 0.2) is 12.6 Å². The molecule has 9 N–H and O–H groups in total. The Labute approximate surface area is 406 Å². The molecule has 0 bridgehead atoms. The highest BCUT2D eigenvalue weighted by Crippen LogP contribution is 2.30. The topological polar surface area (TPSA) is 228 Å². The summed E-state index contributed by atoms with van der Waals surface area (Å²) >= 11 is 0. The molecule has 0 aliphatic carbocycles. The molecule has 2 fully saturated rings. The fourth-order valence-corrected chi connectivity index (χ4v) is 9.23. The summed E-state index contributed by atoms with van der Waals surface area (Å²) < 4.78 is 22.7. The first-order valence-electron chi connectivity index (χ1n) is 27.4. The van der Waals surface area contributed by atoms with Crippen molar-refractivity contribution in [2.45, 2.75) is 299 Å². The summed E-state index contributed by atoms with van der Waals surface area (Å²) in [5.74, 6) is -0.240. The maximum atomic E-state index is 13.1. The van der Waals surface area contributed by atoms with E-state index < -0.39 is 86.8 Å². The van der Waals surface area contributed by atoms with E-state index in [1.54, 1.807) is 6.08 Å². The van der Waals surface area contributed by atoms with Crippen molar-refractivity contribution in [2.75, 3.05) is 19.8 Å². The molecule has 0 aromatic heterocycles. The van der Waals surface area contributed by atoms with Crippen LogP contribution in [0.3, 0.4) is 0 Å². The minimum atomic E-state index is -1.78. The second-order valence-corrected chi connectivity index (χ2v) is 19.7. The quantitative estimate of drug-likeness (QED) is 0.0209. The zero-order chi connectivity index (χ0) is 48.9. The number of carbonyl (C=O) groups excluding carboxylic acids is 1. The largest absolute Gasteiger partial charge is 0.394 e. The third-order valence-corrected chi connectivity index (χ3v) is 13.7. The lowest BCUT2D eigenvalue weighted by Crippen LogP contribution is -2.65. The van der Waals surface area contributed by atoms with Crippen LogP contribution in [0.5, 0.6) is 0 Å². The molecule has 396 valence electrons. The first-order valence-corrected chi connectivity index (χ1v) is 27.4. The number of nitrogens with one attached hydrogen (secondary N) is 1. The predicted octanol–water partition coefficient (Wildman–Crippen LogP) is 7.94. The van der Waals surface area contributed by atoms with Crippen molar-refractivity contribution < 1.29 is 64.6 Å². The Kier molecular flexibility index (Phi) is 37.2. The van der Waals surface area contributed by atoms with Crippen molar-refractivity contribution in [1.82, 2.24) is 5.32 Å². The zero-order valence-electron chi connectivity index (χ0n) is 42.2. The third kappa shape index (κ3) is 27.2. The molecule has 0 aromatic carbocycles. The minimum Gasteiger partial charge on any atom is -0.394 e. The van der Waals surface area contributed by atoms with Crippen LogP contribution in [0.25, 0.3) is 0 Å². The number of ether oxygens (including phenoxy) is 4. The standard InChI is InChI=1S/C53H101NO13/c1-3-5-7-9-11-13-15-16-17-18-19-20-21-22-23-24-25-26-27-28-30-32-34-36-42(57)41(54-45(58)37-35-33-31-29-14-12-10-8-6-4-2)40-64-52-50(63)48(61)51(44(39-56)66-52)67-53-49(62)47(60)46(59)43(38-55)65-53/h34,36,41-44,46-53,55-57,59-63H,3-33,35,37-40H2,1-2H3,(H,54,58)/b36-34+. The van der Waals surface area contributed by atoms with Gasteiger partial charge in [0.2, 0.25) is 5.91 Å². The molecule has 0 aromatic rings. The van der Waals surface area contributed by atoms with Gasteiger partial charge in [-0.25, -0.2) is 0 Å². The molecule has 0 radical (unpaired) electrons. The average Bonchev–Trinajstić information content (AvgIpc) is 3.32. The Balaban J connectivity index is 1.76. The first-order chi connectivity index (χ1) is 32.6. The normalized spacial score (nSPS) is 26.6. The second kappa shape index (κ2) is 40.3. The van der Waals surface area contributed by atoms with Crippen molar-refractivity contribution >= 4 is 5.91 Å². The Morgan fingerprint density at radius 2 is 0.925 bits per heavy atom. The summed E-state index contributed by atoms with van der Waals surface area (Å²) in [6.45, 7) is 2.79. The van der Waals surface area contributed by atoms with Gasteiger partial charge in [0.05, 0.1) is 32.0 Å². The molecule has 1 amide bonds. The molecule has 67 heavy (non-hydrogen) atoms.